The second-order valence-corrected chi connectivity index (χ2v) is 5.99. The molecule has 1 N–H and O–H groups in total. The van der Waals surface area contributed by atoms with Crippen LogP contribution in [0.3, 0.4) is 0 Å². The lowest BCUT2D eigenvalue weighted by Crippen LogP contribution is -2.50. The minimum Gasteiger partial charge on any atom is -0.467 e. The van der Waals surface area contributed by atoms with Crippen LogP contribution in [0.2, 0.25) is 0 Å². The molecule has 21 heavy (non-hydrogen) atoms. The first-order chi connectivity index (χ1) is 10.3. The molecule has 1 atom stereocenters. The molecule has 2 aromatic rings. The molecule has 1 aromatic heterocycles. The van der Waals surface area contributed by atoms with Gasteiger partial charge in [-0.2, -0.15) is 0 Å². The molecule has 4 heteroatoms. The van der Waals surface area contributed by atoms with Gasteiger partial charge in [0.15, 0.2) is 0 Å². The van der Waals surface area contributed by atoms with Gasteiger partial charge in [-0.25, -0.2) is 4.79 Å². The van der Waals surface area contributed by atoms with E-state index in [4.69, 9.17) is 4.42 Å². The summed E-state index contributed by atoms with van der Waals surface area (Å²) in [6.45, 7) is 1.27. The Morgan fingerprint density at radius 1 is 1.19 bits per heavy atom. The van der Waals surface area contributed by atoms with Crippen LogP contribution < -0.4 is 5.32 Å². The maximum atomic E-state index is 12.3. The van der Waals surface area contributed by atoms with Gasteiger partial charge in [-0.3, -0.25) is 0 Å². The number of hydrogen-bond acceptors (Lipinski definition) is 2. The fourth-order valence-corrected chi connectivity index (χ4v) is 3.61. The van der Waals surface area contributed by atoms with E-state index in [1.165, 1.54) is 11.1 Å². The average molecular weight is 282 g/mol. The molecule has 4 rings (SSSR count). The molecule has 0 bridgehead atoms. The topological polar surface area (TPSA) is 45.5 Å². The van der Waals surface area contributed by atoms with Crippen LogP contribution in [0.15, 0.2) is 47.1 Å². The van der Waals surface area contributed by atoms with Crippen LogP contribution in [0.1, 0.15) is 23.3 Å². The van der Waals surface area contributed by atoms with Crippen molar-refractivity contribution in [2.45, 2.75) is 31.3 Å². The van der Waals surface area contributed by atoms with Gasteiger partial charge in [0, 0.05) is 6.54 Å². The molecule has 108 valence electrons. The Balaban J connectivity index is 1.65. The Kier molecular flexibility index (Phi) is 2.77. The molecule has 0 saturated carbocycles. The lowest BCUT2D eigenvalue weighted by molar-refractivity contribution is 0.129. The predicted octanol–water partition coefficient (Wildman–Crippen LogP) is 2.73. The second kappa shape index (κ2) is 4.65. The number of carbonyl (C=O) groups excluding carboxylic acids is 1. The SMILES string of the molecule is O=C1NCC2(CCc3ccccc3C2)N1Cc1ccco1. The highest BCUT2D eigenvalue weighted by atomic mass is 16.3. The van der Waals surface area contributed by atoms with E-state index < -0.39 is 0 Å². The number of rotatable bonds is 2. The lowest BCUT2D eigenvalue weighted by atomic mass is 9.77. The summed E-state index contributed by atoms with van der Waals surface area (Å²) in [6, 6.07) is 12.4. The quantitative estimate of drug-likeness (QED) is 0.920. The van der Waals surface area contributed by atoms with Crippen LogP contribution in [0.4, 0.5) is 4.79 Å². The average Bonchev–Trinajstić information content (AvgIpc) is 3.12. The molecule has 1 unspecified atom stereocenters. The van der Waals surface area contributed by atoms with Crippen LogP contribution in [0, 0.1) is 0 Å². The first-order valence-corrected chi connectivity index (χ1v) is 7.41. The molecule has 1 aliphatic heterocycles. The number of furan rings is 1. The molecule has 1 aromatic carbocycles. The standard InChI is InChI=1S/C17H18N2O2/c20-16-18-12-17(19(16)11-15-6-3-9-21-15)8-7-13-4-1-2-5-14(13)10-17/h1-6,9H,7-8,10-12H2,(H,18,20). The number of amides is 2. The largest absolute Gasteiger partial charge is 0.467 e. The summed E-state index contributed by atoms with van der Waals surface area (Å²) in [5.41, 5.74) is 2.67. The van der Waals surface area contributed by atoms with Gasteiger partial charge in [-0.05, 0) is 42.5 Å². The zero-order valence-corrected chi connectivity index (χ0v) is 11.8. The van der Waals surface area contributed by atoms with Gasteiger partial charge < -0.3 is 14.6 Å². The molecule has 2 heterocycles. The van der Waals surface area contributed by atoms with Crippen molar-refractivity contribution in [3.05, 3.63) is 59.5 Å². The van der Waals surface area contributed by atoms with Crippen molar-refractivity contribution in [1.29, 1.82) is 0 Å². The summed E-state index contributed by atoms with van der Waals surface area (Å²) < 4.78 is 5.43. The van der Waals surface area contributed by atoms with Gasteiger partial charge in [-0.15, -0.1) is 0 Å². The molecule has 1 aliphatic carbocycles. The van der Waals surface area contributed by atoms with Crippen molar-refractivity contribution in [1.82, 2.24) is 10.2 Å². The van der Waals surface area contributed by atoms with Gasteiger partial charge in [0.05, 0.1) is 18.3 Å². The van der Waals surface area contributed by atoms with Crippen LogP contribution in [-0.4, -0.2) is 23.0 Å². The summed E-state index contributed by atoms with van der Waals surface area (Å²) in [5, 5.41) is 3.02. The van der Waals surface area contributed by atoms with E-state index in [0.717, 1.165) is 31.6 Å². The second-order valence-electron chi connectivity index (χ2n) is 5.99. The van der Waals surface area contributed by atoms with Gasteiger partial charge in [0.25, 0.3) is 0 Å². The maximum absolute atomic E-state index is 12.3. The zero-order valence-electron chi connectivity index (χ0n) is 11.8. The lowest BCUT2D eigenvalue weighted by Gasteiger charge is -2.40. The Bertz CT molecular complexity index is 665. The number of nitrogens with zero attached hydrogens (tertiary/aromatic N) is 1. The zero-order chi connectivity index (χ0) is 14.3. The molecule has 2 amide bonds. The maximum Gasteiger partial charge on any atom is 0.318 e. The molecule has 4 nitrogen and oxygen atoms in total. The van der Waals surface area contributed by atoms with E-state index in [2.05, 4.69) is 29.6 Å². The smallest absolute Gasteiger partial charge is 0.318 e. The van der Waals surface area contributed by atoms with E-state index in [9.17, 15) is 4.79 Å². The third kappa shape index (κ3) is 2.02. The van der Waals surface area contributed by atoms with E-state index in [1.54, 1.807) is 6.26 Å². The van der Waals surface area contributed by atoms with Crippen molar-refractivity contribution in [2.75, 3.05) is 6.54 Å². The minimum atomic E-state index is -0.113. The number of fused-ring (bicyclic) bond motifs is 1. The molecule has 1 fully saturated rings. The number of benzene rings is 1. The van der Waals surface area contributed by atoms with Crippen LogP contribution in [-0.2, 0) is 19.4 Å². The van der Waals surface area contributed by atoms with E-state index >= 15 is 0 Å². The Hall–Kier alpha value is -2.23. The fourth-order valence-electron chi connectivity index (χ4n) is 3.61. The first kappa shape index (κ1) is 12.5. The first-order valence-electron chi connectivity index (χ1n) is 7.41. The van der Waals surface area contributed by atoms with E-state index in [0.29, 0.717) is 6.54 Å². The number of hydrogen-bond donors (Lipinski definition) is 1. The van der Waals surface area contributed by atoms with Crippen molar-refractivity contribution < 1.29 is 9.21 Å². The third-order valence-electron chi connectivity index (χ3n) is 4.78. The van der Waals surface area contributed by atoms with Gasteiger partial charge in [0.1, 0.15) is 5.76 Å². The van der Waals surface area contributed by atoms with Crippen molar-refractivity contribution in [2.24, 2.45) is 0 Å². The van der Waals surface area contributed by atoms with Crippen LogP contribution in [0.25, 0.3) is 0 Å². The number of nitrogens with one attached hydrogen (secondary N) is 1. The highest BCUT2D eigenvalue weighted by Crippen LogP contribution is 2.36. The summed E-state index contributed by atoms with van der Waals surface area (Å²) in [4.78, 5) is 14.2. The Morgan fingerprint density at radius 3 is 2.86 bits per heavy atom. The predicted molar refractivity (Wildman–Crippen MR) is 78.8 cm³/mol. The summed E-state index contributed by atoms with van der Waals surface area (Å²) in [7, 11) is 0. The molecule has 2 aliphatic rings. The molecule has 1 spiro atoms. The monoisotopic (exact) mass is 282 g/mol. The van der Waals surface area contributed by atoms with Gasteiger partial charge in [0.2, 0.25) is 0 Å². The summed E-state index contributed by atoms with van der Waals surface area (Å²) in [5.74, 6) is 0.838. The highest BCUT2D eigenvalue weighted by Gasteiger charge is 2.47. The normalized spacial score (nSPS) is 24.2. The number of carbonyl (C=O) groups is 1. The van der Waals surface area contributed by atoms with E-state index in [1.807, 2.05) is 17.0 Å². The fraction of sp³-hybridized carbons (Fsp3) is 0.353. The minimum absolute atomic E-state index is 0.0192. The van der Waals surface area contributed by atoms with Gasteiger partial charge in [-0.1, -0.05) is 24.3 Å². The van der Waals surface area contributed by atoms with Crippen molar-refractivity contribution >= 4 is 6.03 Å². The Morgan fingerprint density at radius 2 is 2.05 bits per heavy atom. The molecule has 0 radical (unpaired) electrons. The number of urea groups is 1. The Labute approximate surface area is 123 Å². The van der Waals surface area contributed by atoms with Crippen LogP contribution >= 0.6 is 0 Å². The molecular formula is C17H18N2O2. The van der Waals surface area contributed by atoms with E-state index in [-0.39, 0.29) is 11.6 Å². The van der Waals surface area contributed by atoms with Gasteiger partial charge >= 0.3 is 6.03 Å². The van der Waals surface area contributed by atoms with Crippen LogP contribution in [0.5, 0.6) is 0 Å². The number of aryl methyl sites for hydroxylation is 1. The summed E-state index contributed by atoms with van der Waals surface area (Å²) in [6.07, 6.45) is 4.61. The molecule has 1 saturated heterocycles. The third-order valence-corrected chi connectivity index (χ3v) is 4.78. The highest BCUT2D eigenvalue weighted by molar-refractivity contribution is 5.78. The molecular weight excluding hydrogens is 264 g/mol. The van der Waals surface area contributed by atoms with Crippen molar-refractivity contribution in [3.8, 4) is 0 Å². The summed E-state index contributed by atoms with van der Waals surface area (Å²) >= 11 is 0. The van der Waals surface area contributed by atoms with Crippen molar-refractivity contribution in [3.63, 3.8) is 0 Å².